The van der Waals surface area contributed by atoms with E-state index in [4.69, 9.17) is 9.97 Å². The summed E-state index contributed by atoms with van der Waals surface area (Å²) in [5.74, 6) is 2.88. The monoisotopic (exact) mass is 348 g/mol. The molecule has 0 bridgehead atoms. The van der Waals surface area contributed by atoms with E-state index in [1.165, 1.54) is 11.3 Å². The average molecular weight is 348 g/mol. The maximum absolute atomic E-state index is 4.94. The Bertz CT molecular complexity index is 893. The van der Waals surface area contributed by atoms with Crippen LogP contribution in [0.25, 0.3) is 11.5 Å². The first-order valence-electron chi connectivity index (χ1n) is 9.18. The molecule has 3 aromatic rings. The van der Waals surface area contributed by atoms with Crippen LogP contribution in [0.2, 0.25) is 0 Å². The number of pyridine rings is 1. The van der Waals surface area contributed by atoms with Crippen LogP contribution in [0.3, 0.4) is 0 Å². The van der Waals surface area contributed by atoms with Gasteiger partial charge in [-0.3, -0.25) is 4.98 Å². The first-order valence-corrected chi connectivity index (χ1v) is 9.18. The molecule has 1 aliphatic carbocycles. The second-order valence-corrected chi connectivity index (χ2v) is 6.92. The fourth-order valence-corrected chi connectivity index (χ4v) is 4.01. The first kappa shape index (κ1) is 15.4. The lowest BCUT2D eigenvalue weighted by Crippen LogP contribution is -2.36. The highest BCUT2D eigenvalue weighted by Gasteiger charge is 2.29. The Hall–Kier alpha value is -2.90. The van der Waals surface area contributed by atoms with Crippen LogP contribution in [0.5, 0.6) is 0 Å². The Kier molecular flexibility index (Phi) is 3.80. The second-order valence-electron chi connectivity index (χ2n) is 6.92. The van der Waals surface area contributed by atoms with Gasteiger partial charge in [-0.15, -0.1) is 10.2 Å². The van der Waals surface area contributed by atoms with Crippen LogP contribution < -0.4 is 4.90 Å². The molecule has 8 heteroatoms. The van der Waals surface area contributed by atoms with Gasteiger partial charge >= 0.3 is 0 Å². The zero-order valence-electron chi connectivity index (χ0n) is 14.5. The molecule has 0 radical (unpaired) electrons. The zero-order chi connectivity index (χ0) is 17.3. The Morgan fingerprint density at radius 2 is 2.12 bits per heavy atom. The van der Waals surface area contributed by atoms with Gasteiger partial charge in [0, 0.05) is 36.5 Å². The number of rotatable bonds is 3. The van der Waals surface area contributed by atoms with E-state index < -0.39 is 0 Å². The predicted molar refractivity (Wildman–Crippen MR) is 95.7 cm³/mol. The SMILES string of the molecule is c1ccc(-c2nc3c(c(N4CCCC(c5nn[nH]n5)C4)n2)CCC3)nc1. The van der Waals surface area contributed by atoms with E-state index >= 15 is 0 Å². The fraction of sp³-hybridized carbons (Fsp3) is 0.444. The number of aromatic amines is 1. The van der Waals surface area contributed by atoms with Gasteiger partial charge in [0.05, 0.1) is 0 Å². The first-order chi connectivity index (χ1) is 12.9. The molecule has 132 valence electrons. The quantitative estimate of drug-likeness (QED) is 0.772. The number of tetrazole rings is 1. The topological polar surface area (TPSA) is 96.4 Å². The fourth-order valence-electron chi connectivity index (χ4n) is 4.01. The highest BCUT2D eigenvalue weighted by Crippen LogP contribution is 2.34. The van der Waals surface area contributed by atoms with Crippen molar-refractivity contribution < 1.29 is 0 Å². The lowest BCUT2D eigenvalue weighted by molar-refractivity contribution is 0.488. The van der Waals surface area contributed by atoms with Crippen LogP contribution in [-0.4, -0.2) is 48.7 Å². The molecule has 8 nitrogen and oxygen atoms in total. The summed E-state index contributed by atoms with van der Waals surface area (Å²) < 4.78 is 0. The minimum Gasteiger partial charge on any atom is -0.356 e. The third-order valence-corrected chi connectivity index (χ3v) is 5.25. The van der Waals surface area contributed by atoms with Crippen LogP contribution in [0.1, 0.15) is 42.3 Å². The smallest absolute Gasteiger partial charge is 0.180 e. The Morgan fingerprint density at radius 1 is 1.12 bits per heavy atom. The second kappa shape index (κ2) is 6.44. The number of nitrogens with zero attached hydrogens (tertiary/aromatic N) is 7. The van der Waals surface area contributed by atoms with Crippen molar-refractivity contribution in [2.75, 3.05) is 18.0 Å². The van der Waals surface area contributed by atoms with E-state index in [1.807, 2.05) is 18.2 Å². The van der Waals surface area contributed by atoms with Crippen molar-refractivity contribution in [1.82, 2.24) is 35.6 Å². The Balaban J connectivity index is 1.52. The van der Waals surface area contributed by atoms with Gasteiger partial charge in [-0.1, -0.05) is 11.3 Å². The maximum atomic E-state index is 4.94. The largest absolute Gasteiger partial charge is 0.356 e. The van der Waals surface area contributed by atoms with Crippen LogP contribution in [0.15, 0.2) is 24.4 Å². The molecule has 4 heterocycles. The van der Waals surface area contributed by atoms with Crippen molar-refractivity contribution >= 4 is 5.82 Å². The summed E-state index contributed by atoms with van der Waals surface area (Å²) >= 11 is 0. The van der Waals surface area contributed by atoms with E-state index in [9.17, 15) is 0 Å². The van der Waals surface area contributed by atoms with E-state index in [-0.39, 0.29) is 5.92 Å². The molecule has 2 aliphatic rings. The van der Waals surface area contributed by atoms with Crippen molar-refractivity contribution in [2.24, 2.45) is 0 Å². The van der Waals surface area contributed by atoms with Crippen LogP contribution >= 0.6 is 0 Å². The highest BCUT2D eigenvalue weighted by atomic mass is 15.5. The number of aryl methyl sites for hydroxylation is 1. The molecule has 1 unspecified atom stereocenters. The van der Waals surface area contributed by atoms with Gasteiger partial charge < -0.3 is 4.90 Å². The van der Waals surface area contributed by atoms with Gasteiger partial charge in [0.15, 0.2) is 11.6 Å². The van der Waals surface area contributed by atoms with Crippen LogP contribution in [0, 0.1) is 0 Å². The number of H-pyrrole nitrogens is 1. The summed E-state index contributed by atoms with van der Waals surface area (Å²) in [6, 6.07) is 5.86. The Labute approximate surface area is 151 Å². The molecular weight excluding hydrogens is 328 g/mol. The number of hydrogen-bond acceptors (Lipinski definition) is 7. The highest BCUT2D eigenvalue weighted by molar-refractivity contribution is 5.59. The summed E-state index contributed by atoms with van der Waals surface area (Å²) in [7, 11) is 0. The van der Waals surface area contributed by atoms with Crippen LogP contribution in [-0.2, 0) is 12.8 Å². The van der Waals surface area contributed by atoms with E-state index in [2.05, 4.69) is 30.5 Å². The molecule has 1 fully saturated rings. The molecule has 0 amide bonds. The third kappa shape index (κ3) is 2.71. The zero-order valence-corrected chi connectivity index (χ0v) is 14.5. The molecule has 0 saturated carbocycles. The van der Waals surface area contributed by atoms with Crippen molar-refractivity contribution in [3.8, 4) is 11.5 Å². The number of fused-ring (bicyclic) bond motifs is 1. The number of anilines is 1. The summed E-state index contributed by atoms with van der Waals surface area (Å²) in [4.78, 5) is 16.6. The minimum absolute atomic E-state index is 0.285. The lowest BCUT2D eigenvalue weighted by atomic mass is 9.97. The summed E-state index contributed by atoms with van der Waals surface area (Å²) in [5.41, 5.74) is 3.31. The minimum atomic E-state index is 0.285. The number of piperidine rings is 1. The molecule has 0 aromatic carbocycles. The lowest BCUT2D eigenvalue weighted by Gasteiger charge is -2.33. The van der Waals surface area contributed by atoms with Crippen molar-refractivity contribution in [3.05, 3.63) is 41.5 Å². The number of aromatic nitrogens is 7. The molecular formula is C18H20N8. The normalized spacial score (nSPS) is 19.5. The summed E-state index contributed by atoms with van der Waals surface area (Å²) in [6.45, 7) is 1.87. The van der Waals surface area contributed by atoms with Gasteiger partial charge in [-0.2, -0.15) is 5.21 Å². The standard InChI is InChI=1S/C18H20N8/c1-2-9-19-15(7-1)17-20-14-8-3-6-13(14)18(21-17)26-10-4-5-12(11-26)16-22-24-25-23-16/h1-2,7,9,12H,3-6,8,10-11H2,(H,22,23,24,25). The molecule has 1 saturated heterocycles. The molecule has 1 aliphatic heterocycles. The Morgan fingerprint density at radius 3 is 2.96 bits per heavy atom. The molecule has 0 spiro atoms. The summed E-state index contributed by atoms with van der Waals surface area (Å²) in [6.07, 6.45) is 7.18. The molecule has 1 N–H and O–H groups in total. The van der Waals surface area contributed by atoms with E-state index in [0.29, 0.717) is 0 Å². The van der Waals surface area contributed by atoms with Gasteiger partial charge in [0.2, 0.25) is 0 Å². The number of nitrogens with one attached hydrogen (secondary N) is 1. The van der Waals surface area contributed by atoms with Gasteiger partial charge in [0.1, 0.15) is 11.5 Å². The molecule has 1 atom stereocenters. The van der Waals surface area contributed by atoms with Gasteiger partial charge in [-0.25, -0.2) is 9.97 Å². The third-order valence-electron chi connectivity index (χ3n) is 5.25. The molecule has 5 rings (SSSR count). The van der Waals surface area contributed by atoms with Gasteiger partial charge in [0.25, 0.3) is 0 Å². The van der Waals surface area contributed by atoms with Crippen LogP contribution in [0.4, 0.5) is 5.82 Å². The van der Waals surface area contributed by atoms with Crippen molar-refractivity contribution in [3.63, 3.8) is 0 Å². The number of hydrogen-bond donors (Lipinski definition) is 1. The molecule has 26 heavy (non-hydrogen) atoms. The average Bonchev–Trinajstić information content (AvgIpc) is 3.40. The van der Waals surface area contributed by atoms with Crippen molar-refractivity contribution in [2.45, 2.75) is 38.0 Å². The predicted octanol–water partition coefficient (Wildman–Crippen LogP) is 1.92. The van der Waals surface area contributed by atoms with Gasteiger partial charge in [-0.05, 0) is 44.2 Å². The maximum Gasteiger partial charge on any atom is 0.180 e. The van der Waals surface area contributed by atoms with E-state index in [0.717, 1.165) is 68.4 Å². The summed E-state index contributed by atoms with van der Waals surface area (Å²) in [5, 5.41) is 14.7. The van der Waals surface area contributed by atoms with Crippen molar-refractivity contribution in [1.29, 1.82) is 0 Å². The molecule has 3 aromatic heterocycles. The van der Waals surface area contributed by atoms with E-state index in [1.54, 1.807) is 6.20 Å².